The van der Waals surface area contributed by atoms with Crippen molar-refractivity contribution in [1.29, 1.82) is 0 Å². The summed E-state index contributed by atoms with van der Waals surface area (Å²) in [5.74, 6) is 1.08. The third-order valence-electron chi connectivity index (χ3n) is 4.05. The normalized spacial score (nSPS) is 10.7. The Morgan fingerprint density at radius 1 is 1.00 bits per heavy atom. The number of hydrogen-bond donors (Lipinski definition) is 1. The first kappa shape index (κ1) is 19.9. The SMILES string of the molecule is CCOc1ccc(CCNC(=O)c2nc3ccccc3nc2Cl)cc1OCC. The number of para-hydroxylation sites is 2. The van der Waals surface area contributed by atoms with Gasteiger partial charge >= 0.3 is 0 Å². The maximum absolute atomic E-state index is 12.5. The number of aromatic nitrogens is 2. The summed E-state index contributed by atoms with van der Waals surface area (Å²) in [6.07, 6.45) is 0.636. The Balaban J connectivity index is 1.65. The van der Waals surface area contributed by atoms with E-state index in [1.165, 1.54) is 0 Å². The molecular weight excluding hydrogens is 378 g/mol. The molecule has 1 amide bonds. The lowest BCUT2D eigenvalue weighted by Gasteiger charge is -2.12. The molecule has 0 fully saturated rings. The van der Waals surface area contributed by atoms with E-state index in [9.17, 15) is 4.79 Å². The fourth-order valence-electron chi connectivity index (χ4n) is 2.78. The first-order chi connectivity index (χ1) is 13.6. The fraction of sp³-hybridized carbons (Fsp3) is 0.286. The summed E-state index contributed by atoms with van der Waals surface area (Å²) in [6.45, 7) is 5.42. The number of halogens is 1. The smallest absolute Gasteiger partial charge is 0.273 e. The monoisotopic (exact) mass is 399 g/mol. The molecule has 3 aromatic rings. The molecule has 0 radical (unpaired) electrons. The van der Waals surface area contributed by atoms with Gasteiger partial charge in [0.25, 0.3) is 5.91 Å². The van der Waals surface area contributed by atoms with Gasteiger partial charge < -0.3 is 14.8 Å². The molecule has 0 spiro atoms. The zero-order valence-electron chi connectivity index (χ0n) is 15.9. The number of hydrogen-bond acceptors (Lipinski definition) is 5. The van der Waals surface area contributed by atoms with Crippen molar-refractivity contribution in [3.63, 3.8) is 0 Å². The van der Waals surface area contributed by atoms with E-state index in [1.807, 2.05) is 44.2 Å². The van der Waals surface area contributed by atoms with Crippen molar-refractivity contribution in [2.24, 2.45) is 0 Å². The van der Waals surface area contributed by atoms with Crippen molar-refractivity contribution < 1.29 is 14.3 Å². The molecule has 0 aliphatic rings. The average Bonchev–Trinajstić information content (AvgIpc) is 2.69. The van der Waals surface area contributed by atoms with Gasteiger partial charge in [-0.05, 0) is 50.1 Å². The molecule has 0 saturated carbocycles. The van der Waals surface area contributed by atoms with Gasteiger partial charge in [-0.2, -0.15) is 0 Å². The highest BCUT2D eigenvalue weighted by Gasteiger charge is 2.15. The Kier molecular flexibility index (Phi) is 6.66. The molecule has 0 atom stereocenters. The lowest BCUT2D eigenvalue weighted by atomic mass is 10.1. The van der Waals surface area contributed by atoms with Crippen molar-refractivity contribution >= 4 is 28.5 Å². The number of carbonyl (C=O) groups excluding carboxylic acids is 1. The highest BCUT2D eigenvalue weighted by atomic mass is 35.5. The molecule has 3 rings (SSSR count). The minimum Gasteiger partial charge on any atom is -0.490 e. The van der Waals surface area contributed by atoms with Crippen LogP contribution >= 0.6 is 11.6 Å². The number of ether oxygens (including phenoxy) is 2. The molecule has 28 heavy (non-hydrogen) atoms. The van der Waals surface area contributed by atoms with Crippen molar-refractivity contribution in [3.8, 4) is 11.5 Å². The van der Waals surface area contributed by atoms with Crippen LogP contribution in [0, 0.1) is 0 Å². The van der Waals surface area contributed by atoms with E-state index in [0.717, 1.165) is 11.3 Å². The lowest BCUT2D eigenvalue weighted by molar-refractivity contribution is 0.0949. The van der Waals surface area contributed by atoms with Gasteiger partial charge in [0, 0.05) is 6.54 Å². The van der Waals surface area contributed by atoms with E-state index >= 15 is 0 Å². The minimum absolute atomic E-state index is 0.0934. The third-order valence-corrected chi connectivity index (χ3v) is 4.31. The second kappa shape index (κ2) is 9.37. The topological polar surface area (TPSA) is 73.3 Å². The molecule has 7 heteroatoms. The van der Waals surface area contributed by atoms with Crippen LogP contribution < -0.4 is 14.8 Å². The molecule has 0 aliphatic carbocycles. The summed E-state index contributed by atoms with van der Waals surface area (Å²) in [5, 5.41) is 2.94. The molecule has 2 aromatic carbocycles. The van der Waals surface area contributed by atoms with Gasteiger partial charge in [-0.1, -0.05) is 29.8 Å². The molecule has 146 valence electrons. The van der Waals surface area contributed by atoms with Crippen LogP contribution in [0.1, 0.15) is 29.9 Å². The van der Waals surface area contributed by atoms with Gasteiger partial charge in [0.2, 0.25) is 0 Å². The highest BCUT2D eigenvalue weighted by Crippen LogP contribution is 2.28. The lowest BCUT2D eigenvalue weighted by Crippen LogP contribution is -2.27. The van der Waals surface area contributed by atoms with Crippen LogP contribution in [0.2, 0.25) is 5.15 Å². The number of rotatable bonds is 8. The largest absolute Gasteiger partial charge is 0.490 e. The van der Waals surface area contributed by atoms with E-state index < -0.39 is 0 Å². The van der Waals surface area contributed by atoms with Gasteiger partial charge in [-0.3, -0.25) is 4.79 Å². The molecule has 1 N–H and O–H groups in total. The van der Waals surface area contributed by atoms with Crippen molar-refractivity contribution in [1.82, 2.24) is 15.3 Å². The zero-order valence-corrected chi connectivity index (χ0v) is 16.6. The first-order valence-corrected chi connectivity index (χ1v) is 9.59. The number of carbonyl (C=O) groups is 1. The summed E-state index contributed by atoms with van der Waals surface area (Å²) < 4.78 is 11.2. The molecule has 1 heterocycles. The van der Waals surface area contributed by atoms with Crippen LogP contribution in [-0.2, 0) is 6.42 Å². The van der Waals surface area contributed by atoms with Crippen molar-refractivity contribution in [2.75, 3.05) is 19.8 Å². The number of fused-ring (bicyclic) bond motifs is 1. The second-order valence-electron chi connectivity index (χ2n) is 6.00. The van der Waals surface area contributed by atoms with Crippen LogP contribution in [0.3, 0.4) is 0 Å². The summed E-state index contributed by atoms with van der Waals surface area (Å²) >= 11 is 6.13. The Morgan fingerprint density at radius 3 is 2.39 bits per heavy atom. The van der Waals surface area contributed by atoms with E-state index in [1.54, 1.807) is 12.1 Å². The van der Waals surface area contributed by atoms with Gasteiger partial charge in [-0.15, -0.1) is 0 Å². The molecule has 6 nitrogen and oxygen atoms in total. The maximum Gasteiger partial charge on any atom is 0.273 e. The van der Waals surface area contributed by atoms with Crippen LogP contribution in [0.15, 0.2) is 42.5 Å². The van der Waals surface area contributed by atoms with Gasteiger partial charge in [0.15, 0.2) is 22.3 Å². The zero-order chi connectivity index (χ0) is 19.9. The molecule has 0 unspecified atom stereocenters. The Bertz CT molecular complexity index is 978. The third kappa shape index (κ3) is 4.70. The van der Waals surface area contributed by atoms with Crippen LogP contribution in [0.4, 0.5) is 0 Å². The summed E-state index contributed by atoms with van der Waals surface area (Å²) in [7, 11) is 0. The number of nitrogens with one attached hydrogen (secondary N) is 1. The molecule has 0 saturated heterocycles. The van der Waals surface area contributed by atoms with Gasteiger partial charge in [0.05, 0.1) is 24.2 Å². The van der Waals surface area contributed by atoms with E-state index in [-0.39, 0.29) is 16.8 Å². The van der Waals surface area contributed by atoms with E-state index in [0.29, 0.717) is 43.0 Å². The molecule has 0 bridgehead atoms. The minimum atomic E-state index is -0.348. The highest BCUT2D eigenvalue weighted by molar-refractivity contribution is 6.32. The number of benzene rings is 2. The quantitative estimate of drug-likeness (QED) is 0.618. The van der Waals surface area contributed by atoms with Crippen LogP contribution in [0.25, 0.3) is 11.0 Å². The maximum atomic E-state index is 12.5. The van der Waals surface area contributed by atoms with Gasteiger partial charge in [0.1, 0.15) is 0 Å². The average molecular weight is 400 g/mol. The summed E-state index contributed by atoms with van der Waals surface area (Å²) in [4.78, 5) is 21.0. The summed E-state index contributed by atoms with van der Waals surface area (Å²) in [5.41, 5.74) is 2.44. The Morgan fingerprint density at radius 2 is 1.68 bits per heavy atom. The van der Waals surface area contributed by atoms with Crippen LogP contribution in [-0.4, -0.2) is 35.6 Å². The number of amides is 1. The fourth-order valence-corrected chi connectivity index (χ4v) is 3.00. The van der Waals surface area contributed by atoms with Crippen molar-refractivity contribution in [2.45, 2.75) is 20.3 Å². The Labute approximate surface area is 168 Å². The standard InChI is InChI=1S/C21H22ClN3O3/c1-3-27-17-10-9-14(13-18(17)28-4-2)11-12-23-21(26)19-20(22)25-16-8-6-5-7-15(16)24-19/h5-10,13H,3-4,11-12H2,1-2H3,(H,23,26). The Hall–Kier alpha value is -2.86. The first-order valence-electron chi connectivity index (χ1n) is 9.21. The molecular formula is C21H22ClN3O3. The van der Waals surface area contributed by atoms with Gasteiger partial charge in [-0.25, -0.2) is 9.97 Å². The van der Waals surface area contributed by atoms with E-state index in [4.69, 9.17) is 21.1 Å². The molecule has 1 aromatic heterocycles. The van der Waals surface area contributed by atoms with Crippen LogP contribution in [0.5, 0.6) is 11.5 Å². The van der Waals surface area contributed by atoms with E-state index in [2.05, 4.69) is 15.3 Å². The second-order valence-corrected chi connectivity index (χ2v) is 6.36. The summed E-state index contributed by atoms with van der Waals surface area (Å²) in [6, 6.07) is 13.1. The number of nitrogens with zero attached hydrogens (tertiary/aromatic N) is 2. The molecule has 0 aliphatic heterocycles. The predicted octanol–water partition coefficient (Wildman–Crippen LogP) is 4.05. The predicted molar refractivity (Wildman–Crippen MR) is 109 cm³/mol. The van der Waals surface area contributed by atoms with Crippen molar-refractivity contribution in [3.05, 3.63) is 58.9 Å².